The maximum Gasteiger partial charge on any atom is 0.239 e. The van der Waals surface area contributed by atoms with E-state index in [9.17, 15) is 9.18 Å². The van der Waals surface area contributed by atoms with Gasteiger partial charge in [-0.1, -0.05) is 24.6 Å². The van der Waals surface area contributed by atoms with E-state index < -0.39 is 0 Å². The number of nitrogens with zero attached hydrogens (tertiary/aromatic N) is 1. The van der Waals surface area contributed by atoms with Crippen molar-refractivity contribution in [1.29, 1.82) is 0 Å². The first-order valence-electron chi connectivity index (χ1n) is 6.90. The summed E-state index contributed by atoms with van der Waals surface area (Å²) in [5.74, 6) is 0.161. The highest BCUT2D eigenvalue weighted by Crippen LogP contribution is 2.22. The van der Waals surface area contributed by atoms with Crippen LogP contribution in [-0.2, 0) is 11.3 Å². The van der Waals surface area contributed by atoms with E-state index in [0.717, 1.165) is 19.4 Å². The van der Waals surface area contributed by atoms with Crippen LogP contribution < -0.4 is 5.32 Å². The van der Waals surface area contributed by atoms with Gasteiger partial charge in [0.05, 0.1) is 6.04 Å². The van der Waals surface area contributed by atoms with Gasteiger partial charge >= 0.3 is 0 Å². The fourth-order valence-electron chi connectivity index (χ4n) is 2.56. The number of benzene rings is 1. The molecule has 1 aromatic rings. The first kappa shape index (κ1) is 15.3. The van der Waals surface area contributed by atoms with E-state index in [2.05, 4.69) is 12.2 Å². The highest BCUT2D eigenvalue weighted by Gasteiger charge is 2.27. The minimum absolute atomic E-state index is 0.00382. The van der Waals surface area contributed by atoms with Crippen LogP contribution in [0.2, 0.25) is 5.02 Å². The number of carbonyl (C=O) groups excluding carboxylic acids is 1. The second kappa shape index (κ2) is 6.55. The summed E-state index contributed by atoms with van der Waals surface area (Å²) in [5, 5.41) is 3.58. The zero-order valence-electron chi connectivity index (χ0n) is 11.8. The number of nitrogens with one attached hydrogen (secondary N) is 1. The lowest BCUT2D eigenvalue weighted by Gasteiger charge is -2.30. The van der Waals surface area contributed by atoms with E-state index >= 15 is 0 Å². The van der Waals surface area contributed by atoms with Crippen molar-refractivity contribution < 1.29 is 9.18 Å². The zero-order valence-corrected chi connectivity index (χ0v) is 12.6. The summed E-state index contributed by atoms with van der Waals surface area (Å²) in [7, 11) is 1.69. The molecule has 1 N–H and O–H groups in total. The first-order valence-corrected chi connectivity index (χ1v) is 7.28. The lowest BCUT2D eigenvalue weighted by molar-refractivity contribution is -0.133. The number of carbonyl (C=O) groups is 1. The Morgan fingerprint density at radius 3 is 2.95 bits per heavy atom. The van der Waals surface area contributed by atoms with Crippen LogP contribution in [0.4, 0.5) is 4.39 Å². The summed E-state index contributed by atoms with van der Waals surface area (Å²) >= 11 is 5.99. The molecule has 20 heavy (non-hydrogen) atoms. The molecule has 1 heterocycles. The number of amides is 1. The van der Waals surface area contributed by atoms with Crippen molar-refractivity contribution in [3.8, 4) is 0 Å². The molecule has 1 amide bonds. The molecule has 1 fully saturated rings. The maximum absolute atomic E-state index is 13.7. The van der Waals surface area contributed by atoms with Gasteiger partial charge in [-0.05, 0) is 37.4 Å². The Labute approximate surface area is 124 Å². The van der Waals surface area contributed by atoms with Gasteiger partial charge in [0.25, 0.3) is 0 Å². The number of rotatable bonds is 3. The second-order valence-corrected chi connectivity index (χ2v) is 5.94. The minimum atomic E-state index is -0.373. The van der Waals surface area contributed by atoms with Crippen LogP contribution in [-0.4, -0.2) is 30.4 Å². The molecule has 2 rings (SSSR count). The van der Waals surface area contributed by atoms with E-state index in [1.807, 2.05) is 0 Å². The van der Waals surface area contributed by atoms with E-state index in [0.29, 0.717) is 16.5 Å². The molecular formula is C15H20ClFN2O. The van der Waals surface area contributed by atoms with E-state index in [1.165, 1.54) is 6.07 Å². The van der Waals surface area contributed by atoms with Crippen molar-refractivity contribution in [3.63, 3.8) is 0 Å². The summed E-state index contributed by atoms with van der Waals surface area (Å²) < 4.78 is 13.7. The van der Waals surface area contributed by atoms with Crippen LogP contribution in [0.5, 0.6) is 0 Å². The molecule has 0 saturated carbocycles. The summed E-state index contributed by atoms with van der Waals surface area (Å²) in [6.45, 7) is 3.19. The third-order valence-corrected chi connectivity index (χ3v) is 4.15. The van der Waals surface area contributed by atoms with Crippen molar-refractivity contribution in [1.82, 2.24) is 10.2 Å². The van der Waals surface area contributed by atoms with Crippen molar-refractivity contribution in [2.75, 3.05) is 13.6 Å². The number of piperidine rings is 1. The smallest absolute Gasteiger partial charge is 0.239 e. The van der Waals surface area contributed by atoms with E-state index in [-0.39, 0.29) is 24.3 Å². The van der Waals surface area contributed by atoms with E-state index in [1.54, 1.807) is 24.1 Å². The predicted molar refractivity (Wildman–Crippen MR) is 78.1 cm³/mol. The van der Waals surface area contributed by atoms with Crippen LogP contribution >= 0.6 is 11.6 Å². The first-order chi connectivity index (χ1) is 9.49. The topological polar surface area (TPSA) is 32.3 Å². The van der Waals surface area contributed by atoms with Gasteiger partial charge in [0.2, 0.25) is 5.91 Å². The van der Waals surface area contributed by atoms with Crippen LogP contribution in [0.15, 0.2) is 18.2 Å². The summed E-state index contributed by atoms with van der Waals surface area (Å²) in [6, 6.07) is 4.39. The standard InChI is InChI=1S/C15H20ClFN2O/c1-10-6-7-18-14(8-10)15(20)19(2)9-11-12(16)4-3-5-13(11)17/h3-5,10,14,18H,6-9H2,1-2H3. The monoisotopic (exact) mass is 298 g/mol. The zero-order chi connectivity index (χ0) is 14.7. The molecule has 0 radical (unpaired) electrons. The Morgan fingerprint density at radius 1 is 1.55 bits per heavy atom. The summed E-state index contributed by atoms with van der Waals surface area (Å²) in [4.78, 5) is 13.9. The van der Waals surface area contributed by atoms with E-state index in [4.69, 9.17) is 11.6 Å². The molecule has 110 valence electrons. The lowest BCUT2D eigenvalue weighted by atomic mass is 9.93. The van der Waals surface area contributed by atoms with Gasteiger partial charge in [0.1, 0.15) is 5.82 Å². The van der Waals surface area contributed by atoms with Crippen molar-refractivity contribution >= 4 is 17.5 Å². The molecule has 0 aliphatic carbocycles. The molecule has 0 bridgehead atoms. The molecule has 5 heteroatoms. The Balaban J connectivity index is 2.04. The van der Waals surface area contributed by atoms with Gasteiger partial charge in [-0.15, -0.1) is 0 Å². The molecule has 2 unspecified atom stereocenters. The highest BCUT2D eigenvalue weighted by molar-refractivity contribution is 6.31. The Bertz CT molecular complexity index is 475. The van der Waals surface area contributed by atoms with Gasteiger partial charge in [0, 0.05) is 24.2 Å². The number of likely N-dealkylation sites (N-methyl/N-ethyl adjacent to an activating group) is 1. The van der Waals surface area contributed by atoms with Crippen LogP contribution in [0.3, 0.4) is 0 Å². The fraction of sp³-hybridized carbons (Fsp3) is 0.533. The third kappa shape index (κ3) is 3.49. The quantitative estimate of drug-likeness (QED) is 0.930. The number of hydrogen-bond acceptors (Lipinski definition) is 2. The van der Waals surface area contributed by atoms with Gasteiger partial charge in [-0.25, -0.2) is 4.39 Å². The lowest BCUT2D eigenvalue weighted by Crippen LogP contribution is -2.48. The average Bonchev–Trinajstić information content (AvgIpc) is 2.42. The second-order valence-electron chi connectivity index (χ2n) is 5.53. The normalized spacial score (nSPS) is 22.6. The van der Waals surface area contributed by atoms with Crippen molar-refractivity contribution in [2.24, 2.45) is 5.92 Å². The van der Waals surface area contributed by atoms with Gasteiger partial charge in [0.15, 0.2) is 0 Å². The largest absolute Gasteiger partial charge is 0.340 e. The molecule has 0 aromatic heterocycles. The third-order valence-electron chi connectivity index (χ3n) is 3.80. The molecule has 1 aromatic carbocycles. The number of hydrogen-bond donors (Lipinski definition) is 1. The molecular weight excluding hydrogens is 279 g/mol. The molecule has 3 nitrogen and oxygen atoms in total. The molecule has 1 saturated heterocycles. The summed E-state index contributed by atoms with van der Waals surface area (Å²) in [5.41, 5.74) is 0.369. The number of halogens is 2. The Kier molecular flexibility index (Phi) is 5.00. The van der Waals surface area contributed by atoms with Crippen LogP contribution in [0, 0.1) is 11.7 Å². The maximum atomic E-state index is 13.7. The van der Waals surface area contributed by atoms with Crippen molar-refractivity contribution in [2.45, 2.75) is 32.4 Å². The van der Waals surface area contributed by atoms with Crippen molar-refractivity contribution in [3.05, 3.63) is 34.6 Å². The van der Waals surface area contributed by atoms with Gasteiger partial charge in [-0.2, -0.15) is 0 Å². The molecule has 0 spiro atoms. The molecule has 1 aliphatic rings. The fourth-order valence-corrected chi connectivity index (χ4v) is 2.78. The predicted octanol–water partition coefficient (Wildman–Crippen LogP) is 2.83. The highest BCUT2D eigenvalue weighted by atomic mass is 35.5. The van der Waals surface area contributed by atoms with Gasteiger partial charge in [-0.3, -0.25) is 4.79 Å². The Morgan fingerprint density at radius 2 is 2.30 bits per heavy atom. The SMILES string of the molecule is CC1CCNC(C(=O)N(C)Cc2c(F)cccc2Cl)C1. The molecule has 2 atom stereocenters. The van der Waals surface area contributed by atoms with Crippen LogP contribution in [0.25, 0.3) is 0 Å². The average molecular weight is 299 g/mol. The summed E-state index contributed by atoms with van der Waals surface area (Å²) in [6.07, 6.45) is 1.92. The van der Waals surface area contributed by atoms with Gasteiger partial charge < -0.3 is 10.2 Å². The van der Waals surface area contributed by atoms with Crippen LogP contribution in [0.1, 0.15) is 25.3 Å². The Hall–Kier alpha value is -1.13. The molecule has 1 aliphatic heterocycles. The minimum Gasteiger partial charge on any atom is -0.340 e.